The van der Waals surface area contributed by atoms with Gasteiger partial charge >= 0.3 is 0 Å². The number of ether oxygens (including phenoxy) is 1. The van der Waals surface area contributed by atoms with Crippen LogP contribution >= 0.6 is 0 Å². The molecule has 0 spiro atoms. The van der Waals surface area contributed by atoms with Crippen molar-refractivity contribution in [1.82, 2.24) is 19.4 Å². The summed E-state index contributed by atoms with van der Waals surface area (Å²) in [6.45, 7) is 5.29. The first-order valence-corrected chi connectivity index (χ1v) is 10.5. The number of aromatic nitrogens is 3. The number of benzene rings is 2. The average molecular weight is 399 g/mol. The molecule has 4 aromatic rings. The van der Waals surface area contributed by atoms with Gasteiger partial charge in [-0.15, -0.1) is 0 Å². The highest BCUT2D eigenvalue weighted by Crippen LogP contribution is 2.31. The molecule has 30 heavy (non-hydrogen) atoms. The molecule has 2 aromatic heterocycles. The van der Waals surface area contributed by atoms with Crippen molar-refractivity contribution in [2.45, 2.75) is 25.9 Å². The van der Waals surface area contributed by atoms with Crippen LogP contribution in [0.15, 0.2) is 66.9 Å². The summed E-state index contributed by atoms with van der Waals surface area (Å²) in [5, 5.41) is 0. The third-order valence-electron chi connectivity index (χ3n) is 6.01. The van der Waals surface area contributed by atoms with Gasteiger partial charge in [0.15, 0.2) is 0 Å². The molecule has 1 unspecified atom stereocenters. The summed E-state index contributed by atoms with van der Waals surface area (Å²) in [6.07, 6.45) is 3.01. The monoisotopic (exact) mass is 398 g/mol. The maximum atomic E-state index is 5.19. The van der Waals surface area contributed by atoms with E-state index < -0.39 is 0 Å². The summed E-state index contributed by atoms with van der Waals surface area (Å²) in [6, 6.07) is 21.6. The van der Waals surface area contributed by atoms with Gasteiger partial charge in [-0.25, -0.2) is 9.97 Å². The lowest BCUT2D eigenvalue weighted by Crippen LogP contribution is -2.21. The molecule has 1 fully saturated rings. The molecule has 2 aromatic carbocycles. The molecule has 1 aliphatic rings. The van der Waals surface area contributed by atoms with E-state index in [-0.39, 0.29) is 0 Å². The molecule has 0 saturated carbocycles. The molecule has 1 aliphatic heterocycles. The molecular formula is C25H26N4O. The molecule has 3 heterocycles. The quantitative estimate of drug-likeness (QED) is 0.481. The highest BCUT2D eigenvalue weighted by molar-refractivity contribution is 5.82. The van der Waals surface area contributed by atoms with Crippen molar-refractivity contribution < 1.29 is 4.74 Å². The Bertz CT molecular complexity index is 1150. The molecule has 5 nitrogen and oxygen atoms in total. The van der Waals surface area contributed by atoms with Crippen LogP contribution in [0.3, 0.4) is 0 Å². The van der Waals surface area contributed by atoms with Gasteiger partial charge in [-0.2, -0.15) is 0 Å². The number of methoxy groups -OCH3 is 1. The summed E-state index contributed by atoms with van der Waals surface area (Å²) < 4.78 is 7.62. The van der Waals surface area contributed by atoms with E-state index in [1.54, 1.807) is 7.11 Å². The Hall–Kier alpha value is -3.18. The number of imidazole rings is 1. The van der Waals surface area contributed by atoms with Gasteiger partial charge in [0.1, 0.15) is 5.82 Å². The standard InChI is InChI=1S/C25H26N4O/c1-18-27-23-10-8-20(21-9-11-25(30-2)26-15-21)14-24(23)29(18)22-12-13-28(17-22)16-19-6-4-3-5-7-19/h3-11,14-15,22H,12-13,16-17H2,1-2H3. The van der Waals surface area contributed by atoms with Gasteiger partial charge in [-0.05, 0) is 42.7 Å². The van der Waals surface area contributed by atoms with Crippen LogP contribution in [0.5, 0.6) is 5.88 Å². The molecule has 0 amide bonds. The smallest absolute Gasteiger partial charge is 0.212 e. The summed E-state index contributed by atoms with van der Waals surface area (Å²) in [5.41, 5.74) is 5.87. The highest BCUT2D eigenvalue weighted by atomic mass is 16.5. The Balaban J connectivity index is 1.43. The third kappa shape index (κ3) is 3.57. The molecule has 5 heteroatoms. The van der Waals surface area contributed by atoms with Crippen LogP contribution in [-0.2, 0) is 6.54 Å². The van der Waals surface area contributed by atoms with Crippen molar-refractivity contribution in [2.24, 2.45) is 0 Å². The first-order valence-electron chi connectivity index (χ1n) is 10.5. The Labute approximate surface area is 177 Å². The number of nitrogens with zero attached hydrogens (tertiary/aromatic N) is 4. The normalized spacial score (nSPS) is 16.9. The lowest BCUT2D eigenvalue weighted by atomic mass is 10.1. The predicted octanol–water partition coefficient (Wildman–Crippen LogP) is 4.86. The first kappa shape index (κ1) is 18.8. The fourth-order valence-corrected chi connectivity index (χ4v) is 4.53. The van der Waals surface area contributed by atoms with Crippen molar-refractivity contribution in [1.29, 1.82) is 0 Å². The van der Waals surface area contributed by atoms with Gasteiger partial charge in [0.25, 0.3) is 0 Å². The average Bonchev–Trinajstić information content (AvgIpc) is 3.36. The second kappa shape index (κ2) is 7.92. The maximum Gasteiger partial charge on any atom is 0.212 e. The Kier molecular flexibility index (Phi) is 4.97. The van der Waals surface area contributed by atoms with Gasteiger partial charge in [-0.1, -0.05) is 36.4 Å². The number of hydrogen-bond acceptors (Lipinski definition) is 4. The van der Waals surface area contributed by atoms with E-state index in [1.165, 1.54) is 11.1 Å². The van der Waals surface area contributed by atoms with Crippen LogP contribution in [0.25, 0.3) is 22.2 Å². The van der Waals surface area contributed by atoms with E-state index in [0.29, 0.717) is 11.9 Å². The van der Waals surface area contributed by atoms with Crippen molar-refractivity contribution in [3.8, 4) is 17.0 Å². The second-order valence-electron chi connectivity index (χ2n) is 7.98. The number of aryl methyl sites for hydroxylation is 1. The topological polar surface area (TPSA) is 43.2 Å². The van der Waals surface area contributed by atoms with Gasteiger partial charge in [0, 0.05) is 43.5 Å². The molecule has 1 atom stereocenters. The number of pyridine rings is 1. The molecule has 0 radical (unpaired) electrons. The Morgan fingerprint density at radius 2 is 1.87 bits per heavy atom. The lowest BCUT2D eigenvalue weighted by Gasteiger charge is -2.18. The minimum absolute atomic E-state index is 0.447. The Morgan fingerprint density at radius 3 is 2.63 bits per heavy atom. The number of rotatable bonds is 5. The number of hydrogen-bond donors (Lipinski definition) is 0. The maximum absolute atomic E-state index is 5.19. The van der Waals surface area contributed by atoms with Crippen LogP contribution in [0.2, 0.25) is 0 Å². The number of likely N-dealkylation sites (tertiary alicyclic amines) is 1. The second-order valence-corrected chi connectivity index (χ2v) is 7.98. The summed E-state index contributed by atoms with van der Waals surface area (Å²) in [7, 11) is 1.64. The van der Waals surface area contributed by atoms with Crippen LogP contribution in [0, 0.1) is 6.92 Å². The van der Waals surface area contributed by atoms with Gasteiger partial charge in [-0.3, -0.25) is 4.90 Å². The SMILES string of the molecule is COc1ccc(-c2ccc3nc(C)n(C4CCN(Cc5ccccc5)C4)c3c2)cn1. The number of fused-ring (bicyclic) bond motifs is 1. The molecule has 152 valence electrons. The van der Waals surface area contributed by atoms with Crippen molar-refractivity contribution >= 4 is 11.0 Å². The van der Waals surface area contributed by atoms with Crippen LogP contribution < -0.4 is 4.74 Å². The summed E-state index contributed by atoms with van der Waals surface area (Å²) in [5.74, 6) is 1.71. The van der Waals surface area contributed by atoms with Gasteiger partial charge < -0.3 is 9.30 Å². The third-order valence-corrected chi connectivity index (χ3v) is 6.01. The largest absolute Gasteiger partial charge is 0.481 e. The van der Waals surface area contributed by atoms with Gasteiger partial charge in [0.05, 0.1) is 18.1 Å². The van der Waals surface area contributed by atoms with E-state index in [2.05, 4.69) is 76.0 Å². The van der Waals surface area contributed by atoms with Crippen LogP contribution in [0.1, 0.15) is 23.9 Å². The van der Waals surface area contributed by atoms with Crippen LogP contribution in [-0.4, -0.2) is 39.6 Å². The molecule has 5 rings (SSSR count). The summed E-state index contributed by atoms with van der Waals surface area (Å²) in [4.78, 5) is 11.7. The van der Waals surface area contributed by atoms with Gasteiger partial charge in [0.2, 0.25) is 5.88 Å². The zero-order chi connectivity index (χ0) is 20.5. The van der Waals surface area contributed by atoms with Crippen molar-refractivity contribution in [3.05, 3.63) is 78.2 Å². The van der Waals surface area contributed by atoms with E-state index in [0.717, 1.165) is 48.5 Å². The minimum Gasteiger partial charge on any atom is -0.481 e. The van der Waals surface area contributed by atoms with Crippen molar-refractivity contribution in [2.75, 3.05) is 20.2 Å². The zero-order valence-corrected chi connectivity index (χ0v) is 17.5. The summed E-state index contributed by atoms with van der Waals surface area (Å²) >= 11 is 0. The van der Waals surface area contributed by atoms with Crippen molar-refractivity contribution in [3.63, 3.8) is 0 Å². The van der Waals surface area contributed by atoms with E-state index in [4.69, 9.17) is 9.72 Å². The molecule has 0 bridgehead atoms. The van der Waals surface area contributed by atoms with Crippen LogP contribution in [0.4, 0.5) is 0 Å². The molecule has 1 saturated heterocycles. The Morgan fingerprint density at radius 1 is 1.03 bits per heavy atom. The fraction of sp³-hybridized carbons (Fsp3) is 0.280. The lowest BCUT2D eigenvalue weighted by molar-refractivity contribution is 0.316. The predicted molar refractivity (Wildman–Crippen MR) is 120 cm³/mol. The van der Waals surface area contributed by atoms with E-state index in [9.17, 15) is 0 Å². The highest BCUT2D eigenvalue weighted by Gasteiger charge is 2.26. The molecule has 0 N–H and O–H groups in total. The fourth-order valence-electron chi connectivity index (χ4n) is 4.53. The molecule has 0 aliphatic carbocycles. The van der Waals surface area contributed by atoms with E-state index >= 15 is 0 Å². The first-order chi connectivity index (χ1) is 14.7. The molecular weight excluding hydrogens is 372 g/mol. The minimum atomic E-state index is 0.447. The van der Waals surface area contributed by atoms with E-state index in [1.807, 2.05) is 12.3 Å². The zero-order valence-electron chi connectivity index (χ0n) is 17.5.